The number of aromatic amines is 1. The van der Waals surface area contributed by atoms with Gasteiger partial charge in [0.05, 0.1) is 6.54 Å². The van der Waals surface area contributed by atoms with E-state index >= 15 is 0 Å². The van der Waals surface area contributed by atoms with E-state index in [4.69, 9.17) is 0 Å². The second-order valence-electron chi connectivity index (χ2n) is 4.78. The van der Waals surface area contributed by atoms with Crippen LogP contribution in [0.4, 0.5) is 0 Å². The molecule has 1 aromatic heterocycles. The SMILES string of the molecule is CC(C)(C)C(=O)CNC(=O)c1c[nH]ccc1=O. The highest BCUT2D eigenvalue weighted by Gasteiger charge is 2.21. The molecule has 1 rings (SSSR count). The largest absolute Gasteiger partial charge is 0.367 e. The number of ketones is 1. The van der Waals surface area contributed by atoms with Gasteiger partial charge in [-0.05, 0) is 0 Å². The number of nitrogens with one attached hydrogen (secondary N) is 2. The van der Waals surface area contributed by atoms with Crippen LogP contribution in [0.15, 0.2) is 23.3 Å². The second kappa shape index (κ2) is 4.95. The molecule has 0 atom stereocenters. The first-order chi connectivity index (χ1) is 7.82. The molecule has 92 valence electrons. The summed E-state index contributed by atoms with van der Waals surface area (Å²) in [5, 5.41) is 2.44. The number of carbonyl (C=O) groups is 2. The Kier molecular flexibility index (Phi) is 3.83. The predicted octanol–water partition coefficient (Wildman–Crippen LogP) is 0.720. The van der Waals surface area contributed by atoms with Gasteiger partial charge in [0.15, 0.2) is 11.2 Å². The Morgan fingerprint density at radius 2 is 2.00 bits per heavy atom. The number of hydrogen-bond acceptors (Lipinski definition) is 3. The molecule has 0 aliphatic rings. The molecule has 0 radical (unpaired) electrons. The van der Waals surface area contributed by atoms with Crippen molar-refractivity contribution in [2.24, 2.45) is 5.41 Å². The fourth-order valence-corrected chi connectivity index (χ4v) is 1.11. The molecule has 2 N–H and O–H groups in total. The minimum atomic E-state index is -0.538. The third-order valence-corrected chi connectivity index (χ3v) is 2.31. The maximum atomic E-state index is 11.6. The standard InChI is InChI=1S/C12H16N2O3/c1-12(2,3)10(16)7-14-11(17)8-6-13-5-4-9(8)15/h4-6H,7H2,1-3H3,(H,13,15)(H,14,17). The quantitative estimate of drug-likeness (QED) is 0.811. The lowest BCUT2D eigenvalue weighted by atomic mass is 9.91. The van der Waals surface area contributed by atoms with Crippen molar-refractivity contribution < 1.29 is 9.59 Å². The van der Waals surface area contributed by atoms with Crippen molar-refractivity contribution in [3.8, 4) is 0 Å². The van der Waals surface area contributed by atoms with Gasteiger partial charge in [-0.2, -0.15) is 0 Å². The monoisotopic (exact) mass is 236 g/mol. The normalized spacial score (nSPS) is 11.0. The number of pyridine rings is 1. The number of amides is 1. The van der Waals surface area contributed by atoms with Crippen LogP contribution in [0.1, 0.15) is 31.1 Å². The summed E-state index contributed by atoms with van der Waals surface area (Å²) in [6.07, 6.45) is 2.76. The van der Waals surface area contributed by atoms with Gasteiger partial charge in [0, 0.05) is 23.9 Å². The molecule has 5 heteroatoms. The molecule has 1 amide bonds. The van der Waals surface area contributed by atoms with E-state index in [9.17, 15) is 14.4 Å². The van der Waals surface area contributed by atoms with Crippen LogP contribution in [0.3, 0.4) is 0 Å². The molecule has 5 nitrogen and oxygen atoms in total. The Morgan fingerprint density at radius 3 is 2.53 bits per heavy atom. The van der Waals surface area contributed by atoms with Gasteiger partial charge in [-0.25, -0.2) is 0 Å². The van der Waals surface area contributed by atoms with Gasteiger partial charge in [0.25, 0.3) is 5.91 Å². The van der Waals surface area contributed by atoms with Crippen molar-refractivity contribution in [1.29, 1.82) is 0 Å². The molecular weight excluding hydrogens is 220 g/mol. The summed E-state index contributed by atoms with van der Waals surface area (Å²) < 4.78 is 0. The van der Waals surface area contributed by atoms with E-state index in [-0.39, 0.29) is 23.3 Å². The Balaban J connectivity index is 2.67. The number of rotatable bonds is 3. The highest BCUT2D eigenvalue weighted by atomic mass is 16.2. The van der Waals surface area contributed by atoms with Crippen molar-refractivity contribution in [2.75, 3.05) is 6.54 Å². The van der Waals surface area contributed by atoms with Crippen LogP contribution < -0.4 is 10.7 Å². The lowest BCUT2D eigenvalue weighted by Crippen LogP contribution is -2.37. The van der Waals surface area contributed by atoms with E-state index in [1.807, 2.05) is 0 Å². The number of carbonyl (C=O) groups excluding carboxylic acids is 2. The number of hydrogen-bond donors (Lipinski definition) is 2. The van der Waals surface area contributed by atoms with Gasteiger partial charge < -0.3 is 10.3 Å². The minimum absolute atomic E-state index is 0.00853. The summed E-state index contributed by atoms with van der Waals surface area (Å²) in [5.41, 5.74) is -0.866. The van der Waals surface area contributed by atoms with E-state index in [2.05, 4.69) is 10.3 Å². The molecule has 1 aromatic rings. The molecule has 17 heavy (non-hydrogen) atoms. The number of Topliss-reactive ketones (excluding diaryl/α,β-unsaturated/α-hetero) is 1. The van der Waals surface area contributed by atoms with Crippen LogP contribution in [0.5, 0.6) is 0 Å². The molecule has 0 unspecified atom stereocenters. The van der Waals surface area contributed by atoms with E-state index in [0.717, 1.165) is 0 Å². The first-order valence-corrected chi connectivity index (χ1v) is 5.31. The summed E-state index contributed by atoms with van der Waals surface area (Å²) in [6.45, 7) is 5.25. The van der Waals surface area contributed by atoms with Crippen molar-refractivity contribution in [1.82, 2.24) is 10.3 Å². The Hall–Kier alpha value is -1.91. The van der Waals surface area contributed by atoms with E-state index < -0.39 is 11.3 Å². The molecule has 0 bridgehead atoms. The third-order valence-electron chi connectivity index (χ3n) is 2.31. The van der Waals surface area contributed by atoms with Crippen LogP contribution >= 0.6 is 0 Å². The van der Waals surface area contributed by atoms with Gasteiger partial charge in [-0.3, -0.25) is 14.4 Å². The highest BCUT2D eigenvalue weighted by Crippen LogP contribution is 2.13. The molecule has 0 saturated heterocycles. The summed E-state index contributed by atoms with van der Waals surface area (Å²) in [7, 11) is 0. The molecule has 1 heterocycles. The Bertz CT molecular complexity index is 483. The first-order valence-electron chi connectivity index (χ1n) is 5.31. The van der Waals surface area contributed by atoms with Crippen LogP contribution in [-0.2, 0) is 4.79 Å². The molecule has 0 fully saturated rings. The molecule has 0 saturated carbocycles. The maximum absolute atomic E-state index is 11.6. The fraction of sp³-hybridized carbons (Fsp3) is 0.417. The van der Waals surface area contributed by atoms with Crippen molar-refractivity contribution in [3.05, 3.63) is 34.2 Å². The second-order valence-corrected chi connectivity index (χ2v) is 4.78. The lowest BCUT2D eigenvalue weighted by molar-refractivity contribution is -0.125. The topological polar surface area (TPSA) is 79.0 Å². The maximum Gasteiger partial charge on any atom is 0.257 e. The summed E-state index contributed by atoms with van der Waals surface area (Å²) >= 11 is 0. The van der Waals surface area contributed by atoms with Crippen LogP contribution in [-0.4, -0.2) is 23.2 Å². The zero-order valence-electron chi connectivity index (χ0n) is 10.2. The molecule has 0 aliphatic carbocycles. The third kappa shape index (κ3) is 3.55. The number of H-pyrrole nitrogens is 1. The van der Waals surface area contributed by atoms with Crippen LogP contribution in [0.25, 0.3) is 0 Å². The summed E-state index contributed by atoms with van der Waals surface area (Å²) in [4.78, 5) is 37.2. The van der Waals surface area contributed by atoms with Crippen molar-refractivity contribution in [2.45, 2.75) is 20.8 Å². The Labute approximate surface area is 99.2 Å². The smallest absolute Gasteiger partial charge is 0.257 e. The van der Waals surface area contributed by atoms with E-state index in [1.54, 1.807) is 20.8 Å². The zero-order valence-corrected chi connectivity index (χ0v) is 10.2. The molecule has 0 aliphatic heterocycles. The van der Waals surface area contributed by atoms with Crippen LogP contribution in [0.2, 0.25) is 0 Å². The number of aromatic nitrogens is 1. The summed E-state index contributed by atoms with van der Waals surface area (Å²) in [6, 6.07) is 1.26. The molecule has 0 aromatic carbocycles. The van der Waals surface area contributed by atoms with Crippen molar-refractivity contribution >= 4 is 11.7 Å². The van der Waals surface area contributed by atoms with Crippen molar-refractivity contribution in [3.63, 3.8) is 0 Å². The fourth-order valence-electron chi connectivity index (χ4n) is 1.11. The minimum Gasteiger partial charge on any atom is -0.367 e. The van der Waals surface area contributed by atoms with E-state index in [1.165, 1.54) is 18.5 Å². The van der Waals surface area contributed by atoms with Gasteiger partial charge >= 0.3 is 0 Å². The van der Waals surface area contributed by atoms with E-state index in [0.29, 0.717) is 0 Å². The van der Waals surface area contributed by atoms with Crippen LogP contribution in [0, 0.1) is 5.41 Å². The Morgan fingerprint density at radius 1 is 1.35 bits per heavy atom. The van der Waals surface area contributed by atoms with Gasteiger partial charge in [-0.1, -0.05) is 20.8 Å². The summed E-state index contributed by atoms with van der Waals surface area (Å²) in [5.74, 6) is -0.623. The average Bonchev–Trinajstić information content (AvgIpc) is 2.24. The lowest BCUT2D eigenvalue weighted by Gasteiger charge is -2.16. The predicted molar refractivity (Wildman–Crippen MR) is 63.9 cm³/mol. The first kappa shape index (κ1) is 13.2. The average molecular weight is 236 g/mol. The van der Waals surface area contributed by atoms with Gasteiger partial charge in [0.2, 0.25) is 0 Å². The zero-order chi connectivity index (χ0) is 13.1. The van der Waals surface area contributed by atoms with Gasteiger partial charge in [-0.15, -0.1) is 0 Å². The highest BCUT2D eigenvalue weighted by molar-refractivity contribution is 5.97. The molecular formula is C12H16N2O3. The molecule has 0 spiro atoms. The van der Waals surface area contributed by atoms with Gasteiger partial charge in [0.1, 0.15) is 5.56 Å².